The zero-order valence-corrected chi connectivity index (χ0v) is 12.2. The van der Waals surface area contributed by atoms with E-state index < -0.39 is 11.7 Å². The molecule has 5 heteroatoms. The van der Waals surface area contributed by atoms with Crippen LogP contribution in [-0.4, -0.2) is 21.2 Å². The second kappa shape index (κ2) is 4.72. The van der Waals surface area contributed by atoms with Crippen LogP contribution >= 0.6 is 15.9 Å². The van der Waals surface area contributed by atoms with Gasteiger partial charge in [-0.05, 0) is 32.4 Å². The molecular formula is C13H15BrN2O2. The Morgan fingerprint density at radius 2 is 2.17 bits per heavy atom. The van der Waals surface area contributed by atoms with Gasteiger partial charge < -0.3 is 4.74 Å². The van der Waals surface area contributed by atoms with Crippen LogP contribution in [0.25, 0.3) is 11.0 Å². The summed E-state index contributed by atoms with van der Waals surface area (Å²) in [5.74, 6) is 0. The summed E-state index contributed by atoms with van der Waals surface area (Å²) in [6.07, 6.45) is 1.10. The molecule has 1 aromatic carbocycles. The second-order valence-electron chi connectivity index (χ2n) is 5.01. The van der Waals surface area contributed by atoms with Gasteiger partial charge in [-0.3, -0.25) is 0 Å². The molecule has 2 aromatic rings. The first kappa shape index (κ1) is 13.1. The largest absolute Gasteiger partial charge is 0.443 e. The number of benzene rings is 1. The highest BCUT2D eigenvalue weighted by Gasteiger charge is 2.19. The third-order valence-electron chi connectivity index (χ3n) is 2.39. The van der Waals surface area contributed by atoms with Gasteiger partial charge in [-0.15, -0.1) is 0 Å². The first-order chi connectivity index (χ1) is 8.42. The van der Waals surface area contributed by atoms with Crippen LogP contribution in [-0.2, 0) is 10.1 Å². The van der Waals surface area contributed by atoms with Crippen LogP contribution in [0.1, 0.15) is 26.3 Å². The van der Waals surface area contributed by atoms with Crippen molar-refractivity contribution in [2.24, 2.45) is 0 Å². The van der Waals surface area contributed by atoms with Crippen LogP contribution in [0.4, 0.5) is 4.79 Å². The van der Waals surface area contributed by atoms with Gasteiger partial charge in [0.25, 0.3) is 0 Å². The Balaban J connectivity index is 2.44. The van der Waals surface area contributed by atoms with Gasteiger partial charge in [-0.2, -0.15) is 0 Å². The van der Waals surface area contributed by atoms with Crippen LogP contribution in [0.3, 0.4) is 0 Å². The highest BCUT2D eigenvalue weighted by Crippen LogP contribution is 2.20. The van der Waals surface area contributed by atoms with Gasteiger partial charge in [0.15, 0.2) is 0 Å². The van der Waals surface area contributed by atoms with E-state index in [2.05, 4.69) is 20.9 Å². The molecule has 2 rings (SSSR count). The van der Waals surface area contributed by atoms with Crippen molar-refractivity contribution in [1.29, 1.82) is 0 Å². The van der Waals surface area contributed by atoms with E-state index in [1.165, 1.54) is 10.9 Å². The maximum absolute atomic E-state index is 12.0. The molecule has 0 amide bonds. The van der Waals surface area contributed by atoms with Crippen molar-refractivity contribution < 1.29 is 9.53 Å². The fourth-order valence-electron chi connectivity index (χ4n) is 1.66. The second-order valence-corrected chi connectivity index (χ2v) is 5.57. The maximum Gasteiger partial charge on any atom is 0.420 e. The number of carbonyl (C=O) groups is 1. The molecule has 4 nitrogen and oxygen atoms in total. The number of para-hydroxylation sites is 1. The first-order valence-electron chi connectivity index (χ1n) is 5.66. The third kappa shape index (κ3) is 2.56. The van der Waals surface area contributed by atoms with Crippen molar-refractivity contribution in [3.8, 4) is 0 Å². The molecular weight excluding hydrogens is 296 g/mol. The average Bonchev–Trinajstić information content (AvgIpc) is 2.69. The van der Waals surface area contributed by atoms with Crippen molar-refractivity contribution in [3.63, 3.8) is 0 Å². The van der Waals surface area contributed by atoms with E-state index in [9.17, 15) is 4.79 Å². The number of rotatable bonds is 1. The summed E-state index contributed by atoms with van der Waals surface area (Å²) in [6.45, 7) is 5.52. The van der Waals surface area contributed by atoms with Gasteiger partial charge in [0.1, 0.15) is 11.9 Å². The van der Waals surface area contributed by atoms with Gasteiger partial charge in [0.05, 0.1) is 11.0 Å². The van der Waals surface area contributed by atoms with E-state index >= 15 is 0 Å². The molecule has 0 aliphatic rings. The molecule has 1 heterocycles. The summed E-state index contributed by atoms with van der Waals surface area (Å²) < 4.78 is 6.77. The Morgan fingerprint density at radius 3 is 2.78 bits per heavy atom. The van der Waals surface area contributed by atoms with Gasteiger partial charge in [-0.1, -0.05) is 28.1 Å². The number of imidazole rings is 1. The zero-order valence-electron chi connectivity index (χ0n) is 10.6. The van der Waals surface area contributed by atoms with Crippen LogP contribution in [0.2, 0.25) is 0 Å². The molecule has 0 aliphatic heterocycles. The highest BCUT2D eigenvalue weighted by molar-refractivity contribution is 9.08. The van der Waals surface area contributed by atoms with Crippen molar-refractivity contribution in [3.05, 3.63) is 30.1 Å². The summed E-state index contributed by atoms with van der Waals surface area (Å²) in [5.41, 5.74) is 2.12. The average molecular weight is 311 g/mol. The quantitative estimate of drug-likeness (QED) is 0.754. The van der Waals surface area contributed by atoms with Gasteiger partial charge >= 0.3 is 6.09 Å². The van der Waals surface area contributed by atoms with Gasteiger partial charge in [0.2, 0.25) is 0 Å². The van der Waals surface area contributed by atoms with Crippen LogP contribution < -0.4 is 0 Å². The SMILES string of the molecule is CC(C)(C)OC(=O)n1cnc2c(CBr)cccc21. The molecule has 0 radical (unpaired) electrons. The molecule has 0 N–H and O–H groups in total. The molecule has 0 atom stereocenters. The number of nitrogens with zero attached hydrogens (tertiary/aromatic N) is 2. The van der Waals surface area contributed by atoms with E-state index in [0.29, 0.717) is 5.33 Å². The maximum atomic E-state index is 12.0. The molecule has 0 aliphatic carbocycles. The number of alkyl halides is 1. The lowest BCUT2D eigenvalue weighted by molar-refractivity contribution is 0.0543. The number of hydrogen-bond donors (Lipinski definition) is 0. The number of fused-ring (bicyclic) bond motifs is 1. The van der Waals surface area contributed by atoms with Crippen LogP contribution in [0, 0.1) is 0 Å². The van der Waals surface area contributed by atoms with Crippen molar-refractivity contribution in [1.82, 2.24) is 9.55 Å². The number of ether oxygens (including phenoxy) is 1. The topological polar surface area (TPSA) is 44.1 Å². The zero-order chi connectivity index (χ0) is 13.3. The van der Waals surface area contributed by atoms with Crippen molar-refractivity contribution >= 4 is 33.1 Å². The summed E-state index contributed by atoms with van der Waals surface area (Å²) in [5, 5.41) is 0.704. The molecule has 0 unspecified atom stereocenters. The van der Waals surface area contributed by atoms with Gasteiger partial charge in [-0.25, -0.2) is 14.3 Å². The number of aromatic nitrogens is 2. The van der Waals surface area contributed by atoms with E-state index in [1.54, 1.807) is 0 Å². The smallest absolute Gasteiger partial charge is 0.420 e. The summed E-state index contributed by atoms with van der Waals surface area (Å²) in [4.78, 5) is 16.3. The first-order valence-corrected chi connectivity index (χ1v) is 6.79. The molecule has 0 saturated heterocycles. The van der Waals surface area contributed by atoms with Gasteiger partial charge in [0, 0.05) is 5.33 Å². The highest BCUT2D eigenvalue weighted by atomic mass is 79.9. The number of carbonyl (C=O) groups excluding carboxylic acids is 1. The summed E-state index contributed by atoms with van der Waals surface area (Å²) in [6, 6.07) is 5.74. The fourth-order valence-corrected chi connectivity index (χ4v) is 2.12. The van der Waals surface area contributed by atoms with E-state index in [-0.39, 0.29) is 0 Å². The van der Waals surface area contributed by atoms with Crippen molar-refractivity contribution in [2.75, 3.05) is 0 Å². The lowest BCUT2D eigenvalue weighted by Gasteiger charge is -2.19. The van der Waals surface area contributed by atoms with E-state index in [0.717, 1.165) is 16.6 Å². The fraction of sp³-hybridized carbons (Fsp3) is 0.385. The lowest BCUT2D eigenvalue weighted by atomic mass is 10.2. The minimum Gasteiger partial charge on any atom is -0.443 e. The molecule has 0 fully saturated rings. The Hall–Kier alpha value is -1.36. The molecule has 96 valence electrons. The number of halogens is 1. The Morgan fingerprint density at radius 1 is 1.44 bits per heavy atom. The molecule has 0 bridgehead atoms. The summed E-state index contributed by atoms with van der Waals surface area (Å²) >= 11 is 3.41. The monoisotopic (exact) mass is 310 g/mol. The number of hydrogen-bond acceptors (Lipinski definition) is 3. The predicted molar refractivity (Wildman–Crippen MR) is 74.0 cm³/mol. The normalized spacial score (nSPS) is 11.8. The molecule has 1 aromatic heterocycles. The Kier molecular flexibility index (Phi) is 3.43. The Bertz CT molecular complexity index is 584. The third-order valence-corrected chi connectivity index (χ3v) is 3.00. The van der Waals surface area contributed by atoms with E-state index in [4.69, 9.17) is 4.74 Å². The van der Waals surface area contributed by atoms with Crippen molar-refractivity contribution in [2.45, 2.75) is 31.7 Å². The van der Waals surface area contributed by atoms with Crippen LogP contribution in [0.15, 0.2) is 24.5 Å². The molecule has 0 saturated carbocycles. The Labute approximate surface area is 114 Å². The summed E-state index contributed by atoms with van der Waals surface area (Å²) in [7, 11) is 0. The van der Waals surface area contributed by atoms with Crippen LogP contribution in [0.5, 0.6) is 0 Å². The molecule has 18 heavy (non-hydrogen) atoms. The standard InChI is InChI=1S/C13H15BrN2O2/c1-13(2,3)18-12(17)16-8-15-11-9(7-14)5-4-6-10(11)16/h4-6,8H,7H2,1-3H3. The van der Waals surface area contributed by atoms with E-state index in [1.807, 2.05) is 39.0 Å². The predicted octanol–water partition coefficient (Wildman–Crippen LogP) is 3.71. The minimum absolute atomic E-state index is 0.406. The molecule has 0 spiro atoms. The minimum atomic E-state index is -0.513. The lowest BCUT2D eigenvalue weighted by Crippen LogP contribution is -2.26.